The number of halogens is 1. The summed E-state index contributed by atoms with van der Waals surface area (Å²) < 4.78 is 19.4. The molecule has 6 heterocycles. The maximum absolute atomic E-state index is 13.8. The molecule has 6 fully saturated rings. The van der Waals surface area contributed by atoms with Crippen LogP contribution < -0.4 is 0 Å². The Labute approximate surface area is 599 Å². The zero-order valence-corrected chi connectivity index (χ0v) is 57.3. The van der Waals surface area contributed by atoms with Crippen molar-refractivity contribution in [3.8, 4) is 153 Å². The molecule has 0 saturated carbocycles. The van der Waals surface area contributed by atoms with Crippen LogP contribution in [0.2, 0.25) is 0 Å². The van der Waals surface area contributed by atoms with Crippen LogP contribution in [-0.2, 0) is 4.74 Å². The highest BCUT2D eigenvalue weighted by Gasteiger charge is 2.37. The Morgan fingerprint density at radius 3 is 0.882 bits per heavy atom. The average Bonchev–Trinajstić information content (AvgIpc) is 0.657. The summed E-state index contributed by atoms with van der Waals surface area (Å²) in [4.78, 5) is 32.3. The van der Waals surface area contributed by atoms with Crippen molar-refractivity contribution in [1.29, 1.82) is 89.5 Å². The summed E-state index contributed by atoms with van der Waals surface area (Å²) in [5, 5.41) is 149. The zero-order valence-electron chi connectivity index (χ0n) is 57.3. The van der Waals surface area contributed by atoms with Gasteiger partial charge in [-0.05, 0) is 13.8 Å². The lowest BCUT2D eigenvalue weighted by atomic mass is 10.2. The number of hydrogen-bond acceptors (Lipinski definition) is 36. The molecular formula is C65H80FN35O. The summed E-state index contributed by atoms with van der Waals surface area (Å²) in [6.07, 6.45) is 19.8. The van der Waals surface area contributed by atoms with Crippen molar-refractivity contribution in [3.63, 3.8) is 0 Å². The van der Waals surface area contributed by atoms with Crippen LogP contribution in [-0.4, -0.2) is 330 Å². The van der Waals surface area contributed by atoms with Crippen LogP contribution in [0.4, 0.5) is 4.39 Å². The van der Waals surface area contributed by atoms with E-state index in [0.717, 1.165) is 26.6 Å². The van der Waals surface area contributed by atoms with Crippen molar-refractivity contribution in [2.24, 2.45) is 0 Å². The first-order valence-corrected chi connectivity index (χ1v) is 31.1. The van der Waals surface area contributed by atoms with E-state index in [2.05, 4.69) is 94.2 Å². The highest BCUT2D eigenvalue weighted by molar-refractivity contribution is 5.16. The van der Waals surface area contributed by atoms with Crippen LogP contribution in [0.3, 0.4) is 0 Å². The van der Waals surface area contributed by atoms with Gasteiger partial charge < -0.3 is 4.74 Å². The van der Waals surface area contributed by atoms with Crippen molar-refractivity contribution in [2.75, 3.05) is 205 Å². The van der Waals surface area contributed by atoms with E-state index in [9.17, 15) is 4.39 Å². The first kappa shape index (κ1) is 88.8. The van der Waals surface area contributed by atoms with Gasteiger partial charge in [0, 0.05) is 19.6 Å². The molecule has 0 aromatic heterocycles. The zero-order chi connectivity index (χ0) is 76.0. The fraction of sp³-hybridized carbons (Fsp3) is 0.615. The fourth-order valence-electron chi connectivity index (χ4n) is 10.6. The number of nitrogens with zero attached hydrogens (tertiary/aromatic N) is 35. The molecule has 0 aromatic rings. The Hall–Kier alpha value is -11.3. The van der Waals surface area contributed by atoms with Crippen LogP contribution in [0.1, 0.15) is 20.3 Å². The van der Waals surface area contributed by atoms with Crippen LogP contribution in [0, 0.1) is 242 Å². The second-order valence-corrected chi connectivity index (χ2v) is 22.4. The van der Waals surface area contributed by atoms with Crippen LogP contribution in [0.15, 0.2) is 0 Å². The van der Waals surface area contributed by atoms with Gasteiger partial charge in [0.05, 0.1) is 301 Å². The Morgan fingerprint density at radius 1 is 0.324 bits per heavy atom. The van der Waals surface area contributed by atoms with E-state index in [0.29, 0.717) is 119 Å². The number of rotatable bonds is 21. The number of ether oxygens (including phenoxy) is 1. The Kier molecular flexibility index (Phi) is 46.7. The molecule has 2 unspecified atom stereocenters. The third kappa shape index (κ3) is 32.2. The second kappa shape index (κ2) is 53.7. The highest BCUT2D eigenvalue weighted by atomic mass is 19.1. The molecule has 0 aliphatic carbocycles. The van der Waals surface area contributed by atoms with Crippen LogP contribution in [0.25, 0.3) is 0 Å². The van der Waals surface area contributed by atoms with Crippen molar-refractivity contribution in [2.45, 2.75) is 57.3 Å². The molecule has 36 nitrogen and oxygen atoms in total. The van der Waals surface area contributed by atoms with Crippen molar-refractivity contribution < 1.29 is 9.13 Å². The minimum absolute atomic E-state index is 0.0236. The summed E-state index contributed by atoms with van der Waals surface area (Å²) in [5.74, 6) is 9.82. The monoisotopic (exact) mass is 1390 g/mol. The van der Waals surface area contributed by atoms with Crippen molar-refractivity contribution >= 4 is 0 Å². The minimum Gasteiger partial charge on any atom is -0.350 e. The largest absolute Gasteiger partial charge is 0.350 e. The third-order valence-corrected chi connectivity index (χ3v) is 14.8. The standard InChI is InChI=1S/C13H10N8.C11H16N6O.C11H15N5.C10H12FN5.C10H14N6.C10H13N5/c1-2-11(3-14)19-8-20(12(4-15)5-16)10-21(9-19)13(6-17)7-18;1-2-18-11-16(7-4-13)9-15(6-3-12)10-17(11)8-5-14;1-2-6-14-9-15(7-3-4-12)11-16(10-14)8-5-13;1-2-5-15-8-14(6-3-12)9-16(7-4-13)10(15)11;1-10-15(6-3-12)8-14(5-2-11)9-16(10)7-4-13;1-2-5-13-8-14(6-3-11)10-15(9-13)7-4-12/h1,11-13H,8-10H2;11H,2,6-10H2,1H3;1H,3,6-11H2;1,10H,5-9H2;10H,5-9H2,1H3;1H,5-10H2. The quantitative estimate of drug-likeness (QED) is 0.0659. The smallest absolute Gasteiger partial charge is 0.213 e. The van der Waals surface area contributed by atoms with E-state index in [-0.39, 0.29) is 78.5 Å². The number of terminal acetylenes is 4. The second-order valence-electron chi connectivity index (χ2n) is 22.4. The lowest BCUT2D eigenvalue weighted by molar-refractivity contribution is -0.199. The van der Waals surface area contributed by atoms with Gasteiger partial charge in [-0.25, -0.2) is 33.8 Å². The number of nitriles is 17. The highest BCUT2D eigenvalue weighted by Crippen LogP contribution is 2.19. The predicted octanol–water partition coefficient (Wildman–Crippen LogP) is -2.35. The molecule has 0 radical (unpaired) electrons. The van der Waals surface area contributed by atoms with Gasteiger partial charge in [0.25, 0.3) is 0 Å². The minimum atomic E-state index is -1.36. The summed E-state index contributed by atoms with van der Waals surface area (Å²) in [5.41, 5.74) is 0. The lowest BCUT2D eigenvalue weighted by Gasteiger charge is -2.45. The number of alkyl halides is 1. The molecule has 0 aromatic carbocycles. The Bertz CT molecular complexity index is 3170. The molecule has 2 atom stereocenters. The molecule has 0 amide bonds. The first-order valence-electron chi connectivity index (χ1n) is 31.1. The maximum atomic E-state index is 13.8. The third-order valence-electron chi connectivity index (χ3n) is 14.8. The maximum Gasteiger partial charge on any atom is 0.213 e. The topological polar surface area (TPSA) is 472 Å². The normalized spacial score (nSPS) is 19.5. The van der Waals surface area contributed by atoms with Gasteiger partial charge in [0.1, 0.15) is 0 Å². The molecule has 6 aliphatic rings. The predicted molar refractivity (Wildman–Crippen MR) is 356 cm³/mol. The molecule has 102 heavy (non-hydrogen) atoms. The summed E-state index contributed by atoms with van der Waals surface area (Å²) in [6, 6.07) is 31.1. The molecule has 0 spiro atoms. The van der Waals surface area contributed by atoms with Gasteiger partial charge in [-0.1, -0.05) is 23.7 Å². The SMILES string of the molecule is C#CC(C#N)N1CN(C(C#N)C#N)CN(C(C#N)C#N)C1.C#CCN1CN(CC#N)CN(CC#N)C1.C#CCN1CN(CC#N)CN(CC#N)C1F.C#CCN1CN(CC#N)CN(CCC#N)C1.CC1N(CC#N)CN(CC#N)CN1CC#N.CCOC1N(CC#N)CN(CC#N)CN1CC#N. The average molecular weight is 1390 g/mol. The van der Waals surface area contributed by atoms with E-state index < -0.39 is 24.5 Å². The van der Waals surface area contributed by atoms with E-state index >= 15 is 0 Å². The molecule has 0 bridgehead atoms. The van der Waals surface area contributed by atoms with Gasteiger partial charge in [-0.2, -0.15) is 89.5 Å². The van der Waals surface area contributed by atoms with E-state index in [1.165, 1.54) is 24.5 Å². The molecule has 0 N–H and O–H groups in total. The van der Waals surface area contributed by atoms with Gasteiger partial charge >= 0.3 is 0 Å². The van der Waals surface area contributed by atoms with Crippen LogP contribution >= 0.6 is 0 Å². The number of hydrogen-bond donors (Lipinski definition) is 0. The van der Waals surface area contributed by atoms with Gasteiger partial charge in [0.2, 0.25) is 6.42 Å². The van der Waals surface area contributed by atoms with Crippen molar-refractivity contribution in [3.05, 3.63) is 0 Å². The first-order chi connectivity index (χ1) is 49.4. The summed E-state index contributed by atoms with van der Waals surface area (Å²) in [6.45, 7) is 16.6. The van der Waals surface area contributed by atoms with E-state index in [1.807, 2.05) is 105 Å². The fourth-order valence-corrected chi connectivity index (χ4v) is 10.6. The molecular weight excluding hydrogens is 1310 g/mol. The molecule has 528 valence electrons. The molecule has 6 aliphatic heterocycles. The van der Waals surface area contributed by atoms with Gasteiger partial charge in [-0.15, -0.1) is 25.7 Å². The van der Waals surface area contributed by atoms with Crippen LogP contribution in [0.5, 0.6) is 0 Å². The summed E-state index contributed by atoms with van der Waals surface area (Å²) >= 11 is 0. The van der Waals surface area contributed by atoms with E-state index in [1.54, 1.807) is 4.90 Å². The summed E-state index contributed by atoms with van der Waals surface area (Å²) in [7, 11) is 0. The lowest BCUT2D eigenvalue weighted by Crippen LogP contribution is -2.62. The molecule has 37 heteroatoms. The molecule has 6 rings (SSSR count). The molecule has 6 saturated heterocycles. The Morgan fingerprint density at radius 2 is 0.588 bits per heavy atom. The van der Waals surface area contributed by atoms with Gasteiger partial charge in [-0.3, -0.25) is 58.8 Å². The van der Waals surface area contributed by atoms with Gasteiger partial charge in [0.15, 0.2) is 24.5 Å². The van der Waals surface area contributed by atoms with E-state index in [4.69, 9.17) is 120 Å². The Balaban J connectivity index is 0.000000614. The van der Waals surface area contributed by atoms with Crippen molar-refractivity contribution in [1.82, 2.24) is 88.2 Å².